The zero-order valence-electron chi connectivity index (χ0n) is 14.7. The highest BCUT2D eigenvalue weighted by Gasteiger charge is 2.41. The fourth-order valence-corrected chi connectivity index (χ4v) is 5.09. The van der Waals surface area contributed by atoms with Crippen LogP contribution in [0.15, 0.2) is 42.5 Å². The van der Waals surface area contributed by atoms with Gasteiger partial charge in [-0.3, -0.25) is 4.31 Å². The van der Waals surface area contributed by atoms with Gasteiger partial charge in [-0.1, -0.05) is 23.7 Å². The number of halogens is 2. The molecule has 140 valence electrons. The zero-order valence-corrected chi connectivity index (χ0v) is 16.3. The number of benzene rings is 2. The van der Waals surface area contributed by atoms with Crippen LogP contribution >= 0.6 is 11.6 Å². The molecular formula is C18H21ClFN3O2S. The summed E-state index contributed by atoms with van der Waals surface area (Å²) in [5.74, 6) is -0.510. The molecule has 2 aromatic carbocycles. The zero-order chi connectivity index (χ0) is 18.9. The van der Waals surface area contributed by atoms with E-state index in [0.717, 1.165) is 25.5 Å². The summed E-state index contributed by atoms with van der Waals surface area (Å²) in [7, 11) is 0.143. The van der Waals surface area contributed by atoms with Gasteiger partial charge < -0.3 is 4.90 Å². The van der Waals surface area contributed by atoms with Gasteiger partial charge in [-0.05, 0) is 63.8 Å². The first kappa shape index (κ1) is 18.9. The molecule has 0 aliphatic carbocycles. The van der Waals surface area contributed by atoms with Gasteiger partial charge in [-0.2, -0.15) is 8.42 Å². The van der Waals surface area contributed by atoms with Crippen molar-refractivity contribution in [2.24, 2.45) is 0 Å². The highest BCUT2D eigenvalue weighted by molar-refractivity contribution is 7.95. The van der Waals surface area contributed by atoms with E-state index in [0.29, 0.717) is 17.9 Å². The van der Waals surface area contributed by atoms with Gasteiger partial charge in [0.1, 0.15) is 5.82 Å². The van der Waals surface area contributed by atoms with Crippen molar-refractivity contribution in [3.8, 4) is 0 Å². The van der Waals surface area contributed by atoms with E-state index in [-0.39, 0.29) is 10.7 Å². The van der Waals surface area contributed by atoms with Crippen LogP contribution in [-0.4, -0.2) is 40.5 Å². The Labute approximate surface area is 158 Å². The average Bonchev–Trinajstić information content (AvgIpc) is 2.79. The maximum atomic E-state index is 13.4. The van der Waals surface area contributed by atoms with Crippen molar-refractivity contribution in [3.05, 3.63) is 53.3 Å². The summed E-state index contributed by atoms with van der Waals surface area (Å²) in [5, 5.41) is 0.0536. The Hall–Kier alpha value is -1.83. The first-order valence-corrected chi connectivity index (χ1v) is 10.1. The van der Waals surface area contributed by atoms with Crippen LogP contribution in [0.25, 0.3) is 0 Å². The summed E-state index contributed by atoms with van der Waals surface area (Å²) in [4.78, 5) is 2.07. The fraction of sp³-hybridized carbons (Fsp3) is 0.333. The van der Waals surface area contributed by atoms with E-state index in [2.05, 4.69) is 4.90 Å². The molecule has 0 spiro atoms. The molecule has 2 aromatic rings. The Bertz CT molecular complexity index is 905. The molecule has 0 unspecified atom stereocenters. The summed E-state index contributed by atoms with van der Waals surface area (Å²) >= 11 is 6.14. The van der Waals surface area contributed by atoms with Crippen LogP contribution in [0.4, 0.5) is 21.5 Å². The van der Waals surface area contributed by atoms with Crippen LogP contribution in [0.1, 0.15) is 12.8 Å². The minimum Gasteiger partial charge on any atom is -0.309 e. The van der Waals surface area contributed by atoms with Crippen LogP contribution in [-0.2, 0) is 10.2 Å². The second-order valence-electron chi connectivity index (χ2n) is 6.44. The van der Waals surface area contributed by atoms with Crippen molar-refractivity contribution in [1.29, 1.82) is 0 Å². The van der Waals surface area contributed by atoms with Crippen molar-refractivity contribution < 1.29 is 12.8 Å². The molecule has 0 N–H and O–H groups in total. The van der Waals surface area contributed by atoms with Crippen molar-refractivity contribution >= 4 is 38.9 Å². The lowest BCUT2D eigenvalue weighted by molar-refractivity contribution is 0.396. The largest absolute Gasteiger partial charge is 0.331 e. The number of nitrogens with zero attached hydrogens (tertiary/aromatic N) is 3. The molecule has 0 fully saturated rings. The summed E-state index contributed by atoms with van der Waals surface area (Å²) in [5.41, 5.74) is 1.38. The number of para-hydroxylation sites is 2. The van der Waals surface area contributed by atoms with E-state index in [1.807, 2.05) is 14.1 Å². The molecule has 5 nitrogen and oxygen atoms in total. The van der Waals surface area contributed by atoms with E-state index in [1.165, 1.54) is 20.7 Å². The molecule has 8 heteroatoms. The van der Waals surface area contributed by atoms with Gasteiger partial charge in [0.05, 0.1) is 22.1 Å². The fourth-order valence-electron chi connectivity index (χ4n) is 3.01. The second kappa shape index (κ2) is 7.42. The van der Waals surface area contributed by atoms with Crippen molar-refractivity contribution in [2.45, 2.75) is 12.8 Å². The summed E-state index contributed by atoms with van der Waals surface area (Å²) < 4.78 is 42.4. The van der Waals surface area contributed by atoms with Gasteiger partial charge in [0.25, 0.3) is 0 Å². The monoisotopic (exact) mass is 397 g/mol. The van der Waals surface area contributed by atoms with E-state index >= 15 is 0 Å². The van der Waals surface area contributed by atoms with Crippen LogP contribution in [0.5, 0.6) is 0 Å². The number of hydrogen-bond acceptors (Lipinski definition) is 3. The van der Waals surface area contributed by atoms with Gasteiger partial charge in [0.2, 0.25) is 0 Å². The average molecular weight is 398 g/mol. The Morgan fingerprint density at radius 1 is 1.04 bits per heavy atom. The number of unbranched alkanes of at least 4 members (excludes halogenated alkanes) is 1. The third-order valence-corrected chi connectivity index (χ3v) is 6.32. The smallest absolute Gasteiger partial charge is 0.309 e. The first-order chi connectivity index (χ1) is 12.3. The molecule has 26 heavy (non-hydrogen) atoms. The van der Waals surface area contributed by atoms with Crippen molar-refractivity contribution in [1.82, 2.24) is 4.90 Å². The number of hydrogen-bond donors (Lipinski definition) is 0. The van der Waals surface area contributed by atoms with Gasteiger partial charge in [-0.25, -0.2) is 8.70 Å². The molecule has 0 saturated heterocycles. The summed E-state index contributed by atoms with van der Waals surface area (Å²) in [6.45, 7) is 1.27. The lowest BCUT2D eigenvalue weighted by atomic mass is 10.2. The number of rotatable bonds is 6. The highest BCUT2D eigenvalue weighted by atomic mass is 35.5. The van der Waals surface area contributed by atoms with Crippen LogP contribution in [0.2, 0.25) is 5.02 Å². The second-order valence-corrected chi connectivity index (χ2v) is 8.55. The predicted octanol–water partition coefficient (Wildman–Crippen LogP) is 4.02. The van der Waals surface area contributed by atoms with Crippen LogP contribution < -0.4 is 8.61 Å². The van der Waals surface area contributed by atoms with E-state index < -0.39 is 16.0 Å². The summed E-state index contributed by atoms with van der Waals surface area (Å²) in [6, 6.07) is 10.8. The third kappa shape index (κ3) is 3.51. The van der Waals surface area contributed by atoms with Crippen molar-refractivity contribution in [3.63, 3.8) is 0 Å². The minimum absolute atomic E-state index is 0.0536. The lowest BCUT2D eigenvalue weighted by Gasteiger charge is -2.22. The first-order valence-electron chi connectivity index (χ1n) is 8.34. The van der Waals surface area contributed by atoms with Gasteiger partial charge in [-0.15, -0.1) is 0 Å². The molecular weight excluding hydrogens is 377 g/mol. The highest BCUT2D eigenvalue weighted by Crippen LogP contribution is 2.47. The molecule has 1 aliphatic heterocycles. The van der Waals surface area contributed by atoms with Gasteiger partial charge in [0, 0.05) is 6.54 Å². The lowest BCUT2D eigenvalue weighted by Crippen LogP contribution is -2.36. The normalized spacial score (nSPS) is 15.6. The van der Waals surface area contributed by atoms with E-state index in [4.69, 9.17) is 11.6 Å². The molecule has 0 aromatic heterocycles. The number of fused-ring (bicyclic) bond motifs is 1. The third-order valence-electron chi connectivity index (χ3n) is 4.22. The van der Waals surface area contributed by atoms with Crippen molar-refractivity contribution in [2.75, 3.05) is 35.8 Å². The standard InChI is InChI=1S/C18H21ClFN3O2S/c1-21(2)11-5-6-12-22-17-7-3-4-8-18(17)23(26(22,24)25)16-10-9-14(20)13-15(16)19/h3-4,7-10,13H,5-6,11-12H2,1-2H3. The van der Waals surface area contributed by atoms with E-state index in [9.17, 15) is 12.8 Å². The topological polar surface area (TPSA) is 43.9 Å². The number of anilines is 3. The molecule has 1 heterocycles. The van der Waals surface area contributed by atoms with E-state index in [1.54, 1.807) is 24.3 Å². The quantitative estimate of drug-likeness (QED) is 0.691. The molecule has 1 aliphatic rings. The van der Waals surface area contributed by atoms with Crippen LogP contribution in [0, 0.1) is 5.82 Å². The van der Waals surface area contributed by atoms with Gasteiger partial charge >= 0.3 is 10.2 Å². The Morgan fingerprint density at radius 2 is 1.73 bits per heavy atom. The van der Waals surface area contributed by atoms with Crippen LogP contribution in [0.3, 0.4) is 0 Å². The Balaban J connectivity index is 1.97. The molecule has 3 rings (SSSR count). The predicted molar refractivity (Wildman–Crippen MR) is 104 cm³/mol. The maximum absolute atomic E-state index is 13.4. The van der Waals surface area contributed by atoms with Gasteiger partial charge in [0.15, 0.2) is 0 Å². The molecule has 0 atom stereocenters. The molecule has 0 bridgehead atoms. The Morgan fingerprint density at radius 3 is 2.38 bits per heavy atom. The molecule has 0 amide bonds. The minimum atomic E-state index is -3.83. The summed E-state index contributed by atoms with van der Waals surface area (Å²) in [6.07, 6.45) is 1.62. The molecule has 0 saturated carbocycles. The molecule has 0 radical (unpaired) electrons. The SMILES string of the molecule is CN(C)CCCCN1c2ccccc2N(c2ccc(F)cc2Cl)S1(=O)=O. The Kier molecular flexibility index (Phi) is 5.41. The maximum Gasteiger partial charge on any atom is 0.331 e.